The monoisotopic (exact) mass is 886 g/mol. The number of nitrogens with zero attached hydrogens (tertiary/aromatic N) is 6. The van der Waals surface area contributed by atoms with Crippen molar-refractivity contribution in [3.8, 4) is 0 Å². The molecular formula is C45H64Cl2N6O8. The number of hydrogen-bond acceptors (Lipinski definition) is 10. The Balaban J connectivity index is 0.000000265. The van der Waals surface area contributed by atoms with Crippen molar-refractivity contribution in [3.63, 3.8) is 0 Å². The summed E-state index contributed by atoms with van der Waals surface area (Å²) < 4.78 is 24.9. The average Bonchev–Trinajstić information content (AvgIpc) is 3.71. The van der Waals surface area contributed by atoms with Gasteiger partial charge < -0.3 is 28.7 Å². The first-order valence-electron chi connectivity index (χ1n) is 20.9. The summed E-state index contributed by atoms with van der Waals surface area (Å²) in [6.45, 7) is 22.2. The molecule has 2 aliphatic heterocycles. The Hall–Kier alpha value is -4.56. The molecule has 4 aromatic rings. The van der Waals surface area contributed by atoms with E-state index in [9.17, 15) is 19.2 Å². The number of amides is 2. The van der Waals surface area contributed by atoms with Crippen LogP contribution in [0.4, 0.5) is 9.59 Å². The average molecular weight is 888 g/mol. The first kappa shape index (κ1) is 49.1. The Morgan fingerprint density at radius 2 is 1.25 bits per heavy atom. The minimum absolute atomic E-state index is 0. The molecule has 2 atom stereocenters. The Kier molecular flexibility index (Phi) is 16.5. The molecule has 2 unspecified atom stereocenters. The van der Waals surface area contributed by atoms with E-state index in [4.69, 9.17) is 42.1 Å². The van der Waals surface area contributed by atoms with E-state index in [1.807, 2.05) is 64.3 Å². The zero-order valence-electron chi connectivity index (χ0n) is 36.5. The highest BCUT2D eigenvalue weighted by molar-refractivity contribution is 6.36. The van der Waals surface area contributed by atoms with E-state index in [1.165, 1.54) is 6.20 Å². The molecule has 16 heteroatoms. The van der Waals surface area contributed by atoms with Crippen LogP contribution in [0.25, 0.3) is 11.0 Å². The molecule has 0 saturated carbocycles. The lowest BCUT2D eigenvalue weighted by molar-refractivity contribution is 0.0165. The number of likely N-dealkylation sites (tertiary alicyclic amines) is 2. The molecule has 0 aromatic carbocycles. The molecule has 0 spiro atoms. The highest BCUT2D eigenvalue weighted by Crippen LogP contribution is 2.41. The van der Waals surface area contributed by atoms with E-state index in [1.54, 1.807) is 40.4 Å². The maximum atomic E-state index is 12.6. The van der Waals surface area contributed by atoms with Gasteiger partial charge in [-0.25, -0.2) is 28.2 Å². The number of fused-ring (bicyclic) bond motifs is 2. The van der Waals surface area contributed by atoms with Crippen LogP contribution >= 0.6 is 23.2 Å². The summed E-state index contributed by atoms with van der Waals surface area (Å²) in [5, 5.41) is 9.64. The van der Waals surface area contributed by atoms with Gasteiger partial charge in [-0.05, 0) is 117 Å². The van der Waals surface area contributed by atoms with Crippen molar-refractivity contribution in [3.05, 3.63) is 69.2 Å². The predicted octanol–water partition coefficient (Wildman–Crippen LogP) is 10.5. The van der Waals surface area contributed by atoms with E-state index in [2.05, 4.69) is 24.0 Å². The molecule has 6 rings (SSSR count). The summed E-state index contributed by atoms with van der Waals surface area (Å²) >= 11 is 12.8. The lowest BCUT2D eigenvalue weighted by atomic mass is 9.83. The molecule has 0 radical (unpaired) electrons. The zero-order chi connectivity index (χ0) is 44.1. The molecule has 0 bridgehead atoms. The van der Waals surface area contributed by atoms with Crippen LogP contribution in [0.1, 0.15) is 146 Å². The normalized spacial score (nSPS) is 16.3. The second kappa shape index (κ2) is 20.5. The molecule has 2 saturated heterocycles. The maximum Gasteiger partial charge on any atom is 0.410 e. The van der Waals surface area contributed by atoms with Gasteiger partial charge in [0.05, 0.1) is 51.7 Å². The van der Waals surface area contributed by atoms with Gasteiger partial charge >= 0.3 is 24.1 Å². The number of ether oxygens (including phenoxy) is 4. The number of aromatic nitrogens is 4. The molecule has 0 aliphatic carbocycles. The molecule has 2 amide bonds. The number of carbonyl (C=O) groups is 4. The summed E-state index contributed by atoms with van der Waals surface area (Å²) in [6.07, 6.45) is 6.08. The third kappa shape index (κ3) is 11.9. The molecule has 6 heterocycles. The second-order valence-electron chi connectivity index (χ2n) is 17.5. The lowest BCUT2D eigenvalue weighted by Crippen LogP contribution is -2.42. The van der Waals surface area contributed by atoms with Crippen molar-refractivity contribution in [1.29, 1.82) is 0 Å². The van der Waals surface area contributed by atoms with Crippen LogP contribution in [0, 0.1) is 11.8 Å². The number of esters is 2. The summed E-state index contributed by atoms with van der Waals surface area (Å²) in [7, 11) is 0. The number of halogens is 2. The van der Waals surface area contributed by atoms with Crippen LogP contribution in [-0.2, 0) is 18.9 Å². The van der Waals surface area contributed by atoms with E-state index in [-0.39, 0.29) is 55.5 Å². The van der Waals surface area contributed by atoms with Gasteiger partial charge in [0.1, 0.15) is 16.8 Å². The predicted molar refractivity (Wildman–Crippen MR) is 237 cm³/mol. The number of rotatable bonds is 8. The van der Waals surface area contributed by atoms with E-state index >= 15 is 0 Å². The van der Waals surface area contributed by atoms with Crippen molar-refractivity contribution in [2.75, 3.05) is 39.4 Å². The maximum absolute atomic E-state index is 12.6. The van der Waals surface area contributed by atoms with Crippen molar-refractivity contribution in [1.82, 2.24) is 29.0 Å². The Labute approximate surface area is 370 Å². The molecule has 14 nitrogen and oxygen atoms in total. The zero-order valence-corrected chi connectivity index (χ0v) is 38.1. The fourth-order valence-electron chi connectivity index (χ4n) is 7.94. The fourth-order valence-corrected chi connectivity index (χ4v) is 8.51. The van der Waals surface area contributed by atoms with Gasteiger partial charge in [0.2, 0.25) is 0 Å². The number of carbonyl (C=O) groups excluding carboxylic acids is 4. The Morgan fingerprint density at radius 3 is 1.75 bits per heavy atom. The van der Waals surface area contributed by atoms with Gasteiger partial charge in [0, 0.05) is 49.9 Å². The van der Waals surface area contributed by atoms with Gasteiger partial charge in [0.15, 0.2) is 0 Å². The number of piperidine rings is 2. The third-order valence-corrected chi connectivity index (χ3v) is 11.6. The van der Waals surface area contributed by atoms with Crippen LogP contribution in [-0.4, -0.2) is 104 Å². The van der Waals surface area contributed by atoms with Crippen LogP contribution in [0.15, 0.2) is 36.7 Å². The van der Waals surface area contributed by atoms with Crippen LogP contribution in [0.3, 0.4) is 0 Å². The van der Waals surface area contributed by atoms with Gasteiger partial charge in [0.25, 0.3) is 0 Å². The smallest absolute Gasteiger partial charge is 0.410 e. The third-order valence-electron chi connectivity index (χ3n) is 11.0. The Bertz CT molecular complexity index is 2160. The van der Waals surface area contributed by atoms with Crippen molar-refractivity contribution < 1.29 is 38.1 Å². The van der Waals surface area contributed by atoms with Gasteiger partial charge in [-0.2, -0.15) is 10.2 Å². The van der Waals surface area contributed by atoms with Crippen molar-refractivity contribution in [2.45, 2.75) is 125 Å². The van der Waals surface area contributed by atoms with Crippen molar-refractivity contribution in [2.24, 2.45) is 11.8 Å². The minimum atomic E-state index is -0.518. The molecular weight excluding hydrogens is 823 g/mol. The van der Waals surface area contributed by atoms with Gasteiger partial charge in [-0.15, -0.1) is 0 Å². The highest BCUT2D eigenvalue weighted by atomic mass is 35.5. The first-order valence-corrected chi connectivity index (χ1v) is 21.6. The topological polar surface area (TPSA) is 146 Å². The molecule has 336 valence electrons. The van der Waals surface area contributed by atoms with Crippen LogP contribution in [0.5, 0.6) is 0 Å². The quantitative estimate of drug-likeness (QED) is 0.124. The fraction of sp³-hybridized carbons (Fsp3) is 0.600. The van der Waals surface area contributed by atoms with Gasteiger partial charge in [-0.3, -0.25) is 0 Å². The van der Waals surface area contributed by atoms with Crippen LogP contribution in [0.2, 0.25) is 10.0 Å². The lowest BCUT2D eigenvalue weighted by Gasteiger charge is -2.35. The first-order chi connectivity index (χ1) is 28.2. The minimum Gasteiger partial charge on any atom is -0.462 e. The summed E-state index contributed by atoms with van der Waals surface area (Å²) in [6, 6.07) is 7.30. The van der Waals surface area contributed by atoms with Crippen LogP contribution < -0.4 is 0 Å². The second-order valence-corrected chi connectivity index (χ2v) is 18.3. The van der Waals surface area contributed by atoms with Crippen molar-refractivity contribution >= 4 is 58.4 Å². The molecule has 2 fully saturated rings. The highest BCUT2D eigenvalue weighted by Gasteiger charge is 2.35. The van der Waals surface area contributed by atoms with E-state index in [0.29, 0.717) is 59.8 Å². The Morgan fingerprint density at radius 1 is 0.738 bits per heavy atom. The number of hydrogen-bond donors (Lipinski definition) is 0. The SMILES string of the molecule is C.CCOC(=O)c1c(Cl)c(C(C)C2CCN(C(=O)OC(C)(C)C)CC2)n2ncc(Cl)cc12.CCOC(=O)c1cc(C(C)C2CCN(C(=O)OC(C)(C)C)CC2)n2ncccc12. The molecule has 0 N–H and O–H groups in total. The summed E-state index contributed by atoms with van der Waals surface area (Å²) in [5.41, 5.74) is 2.88. The molecule has 61 heavy (non-hydrogen) atoms. The van der Waals surface area contributed by atoms with E-state index in [0.717, 1.165) is 42.6 Å². The van der Waals surface area contributed by atoms with Gasteiger partial charge in [-0.1, -0.05) is 44.5 Å². The van der Waals surface area contributed by atoms with E-state index < -0.39 is 17.2 Å². The largest absolute Gasteiger partial charge is 0.462 e. The molecule has 4 aromatic heterocycles. The molecule has 2 aliphatic rings. The summed E-state index contributed by atoms with van der Waals surface area (Å²) in [4.78, 5) is 53.2. The summed E-state index contributed by atoms with van der Waals surface area (Å²) in [5.74, 6) is 0.0492. The standard InChI is InChI=1S/C22H29Cl2N3O4.C22H31N3O4.CH4/c1-6-30-20(28)17-16-11-15(23)12-25-27(16)19(18(17)24)13(2)14-7-9-26(10-8-14)21(29)31-22(3,4)5;1-6-28-20(26)17-14-19(25-18(17)8-7-11-23-25)15(2)16-9-12-24(13-10-16)21(27)29-22(3,4)5;/h11-14H,6-10H2,1-5H3;7-8,11,14-16H,6,9-10,12-13H2,1-5H3;1H4.